The highest BCUT2D eigenvalue weighted by atomic mass is 19.1. The summed E-state index contributed by atoms with van der Waals surface area (Å²) < 4.78 is 29.9. The van der Waals surface area contributed by atoms with Gasteiger partial charge >= 0.3 is 11.6 Å². The normalized spacial score (nSPS) is 17.7. The van der Waals surface area contributed by atoms with Crippen molar-refractivity contribution >= 4 is 23.0 Å². The molecule has 0 saturated carbocycles. The van der Waals surface area contributed by atoms with Gasteiger partial charge in [0, 0.05) is 30.0 Å². The second-order valence-corrected chi connectivity index (χ2v) is 7.47. The SMILES string of the molecule is CC1(C)Oc2cc3oc(=O)ccc3cc2CC1OC(=O)/C=C/c1ccc(F)cc1. The van der Waals surface area contributed by atoms with Crippen LogP contribution in [0.5, 0.6) is 5.75 Å². The minimum atomic E-state index is -0.769. The molecule has 5 nitrogen and oxygen atoms in total. The number of hydrogen-bond acceptors (Lipinski definition) is 5. The smallest absolute Gasteiger partial charge is 0.336 e. The van der Waals surface area contributed by atoms with Crippen molar-refractivity contribution in [2.24, 2.45) is 0 Å². The van der Waals surface area contributed by atoms with Crippen molar-refractivity contribution < 1.29 is 23.1 Å². The van der Waals surface area contributed by atoms with Crippen LogP contribution < -0.4 is 10.4 Å². The molecule has 0 radical (unpaired) electrons. The van der Waals surface area contributed by atoms with Gasteiger partial charge < -0.3 is 13.9 Å². The van der Waals surface area contributed by atoms with Gasteiger partial charge in [0.2, 0.25) is 0 Å². The lowest BCUT2D eigenvalue weighted by Crippen LogP contribution is -2.48. The van der Waals surface area contributed by atoms with E-state index in [1.54, 1.807) is 30.3 Å². The molecule has 1 unspecified atom stereocenters. The number of benzene rings is 2. The van der Waals surface area contributed by atoms with Gasteiger partial charge in [0.15, 0.2) is 0 Å². The number of carbonyl (C=O) groups excluding carboxylic acids is 1. The van der Waals surface area contributed by atoms with Crippen LogP contribution in [0.15, 0.2) is 63.8 Å². The minimum Gasteiger partial charge on any atom is -0.484 e. The molecule has 0 N–H and O–H groups in total. The lowest BCUT2D eigenvalue weighted by molar-refractivity contribution is -0.155. The summed E-state index contributed by atoms with van der Waals surface area (Å²) in [6.07, 6.45) is 2.84. The van der Waals surface area contributed by atoms with E-state index in [2.05, 4.69) is 0 Å². The lowest BCUT2D eigenvalue weighted by atomic mass is 9.90. The highest BCUT2D eigenvalue weighted by Crippen LogP contribution is 2.37. The molecule has 1 aromatic heterocycles. The van der Waals surface area contributed by atoms with Gasteiger partial charge in [-0.25, -0.2) is 14.0 Å². The summed E-state index contributed by atoms with van der Waals surface area (Å²) in [7, 11) is 0. The highest BCUT2D eigenvalue weighted by molar-refractivity contribution is 5.87. The van der Waals surface area contributed by atoms with Crippen LogP contribution in [-0.2, 0) is 16.0 Å². The first-order valence-electron chi connectivity index (χ1n) is 9.20. The van der Waals surface area contributed by atoms with Crippen molar-refractivity contribution in [1.29, 1.82) is 0 Å². The van der Waals surface area contributed by atoms with E-state index in [0.717, 1.165) is 10.9 Å². The van der Waals surface area contributed by atoms with Crippen LogP contribution in [0, 0.1) is 5.82 Å². The number of esters is 1. The Morgan fingerprint density at radius 3 is 2.69 bits per heavy atom. The summed E-state index contributed by atoms with van der Waals surface area (Å²) in [5.74, 6) is -0.242. The summed E-state index contributed by atoms with van der Waals surface area (Å²) in [4.78, 5) is 23.8. The Bertz CT molecular complexity index is 1160. The maximum atomic E-state index is 13.0. The molecule has 0 amide bonds. The van der Waals surface area contributed by atoms with E-state index in [4.69, 9.17) is 13.9 Å². The third kappa shape index (κ3) is 4.06. The maximum absolute atomic E-state index is 13.0. The zero-order valence-electron chi connectivity index (χ0n) is 16.0. The van der Waals surface area contributed by atoms with Gasteiger partial charge in [-0.3, -0.25) is 0 Å². The quantitative estimate of drug-likeness (QED) is 0.377. The monoisotopic (exact) mass is 394 g/mol. The number of rotatable bonds is 3. The molecular formula is C23H19FO5. The second kappa shape index (κ2) is 7.20. The Kier molecular flexibility index (Phi) is 4.70. The number of fused-ring (bicyclic) bond motifs is 2. The summed E-state index contributed by atoms with van der Waals surface area (Å²) in [6.45, 7) is 3.67. The van der Waals surface area contributed by atoms with Crippen LogP contribution in [0.2, 0.25) is 0 Å². The Balaban J connectivity index is 1.54. The molecule has 29 heavy (non-hydrogen) atoms. The molecule has 148 valence electrons. The van der Waals surface area contributed by atoms with Gasteiger partial charge in [-0.1, -0.05) is 12.1 Å². The molecule has 0 fully saturated rings. The van der Waals surface area contributed by atoms with Crippen molar-refractivity contribution in [3.05, 3.63) is 82.0 Å². The van der Waals surface area contributed by atoms with Crippen LogP contribution >= 0.6 is 0 Å². The molecule has 2 aromatic carbocycles. The average Bonchev–Trinajstić information content (AvgIpc) is 2.66. The Morgan fingerprint density at radius 2 is 1.93 bits per heavy atom. The Hall–Kier alpha value is -3.41. The molecule has 0 bridgehead atoms. The van der Waals surface area contributed by atoms with Crippen LogP contribution in [0.3, 0.4) is 0 Å². The Labute approximate surface area is 166 Å². The lowest BCUT2D eigenvalue weighted by Gasteiger charge is -2.39. The first kappa shape index (κ1) is 18.9. The van der Waals surface area contributed by atoms with Crippen LogP contribution in [0.25, 0.3) is 17.0 Å². The molecule has 1 aliphatic heterocycles. The highest BCUT2D eigenvalue weighted by Gasteiger charge is 2.39. The van der Waals surface area contributed by atoms with Gasteiger partial charge in [-0.2, -0.15) is 0 Å². The van der Waals surface area contributed by atoms with E-state index in [1.165, 1.54) is 24.3 Å². The number of halogens is 1. The fourth-order valence-corrected chi connectivity index (χ4v) is 3.29. The van der Waals surface area contributed by atoms with Gasteiger partial charge in [0.05, 0.1) is 0 Å². The van der Waals surface area contributed by atoms with E-state index >= 15 is 0 Å². The van der Waals surface area contributed by atoms with E-state index in [-0.39, 0.29) is 5.82 Å². The van der Waals surface area contributed by atoms with Gasteiger partial charge in [0.1, 0.15) is 28.9 Å². The van der Waals surface area contributed by atoms with Gasteiger partial charge in [0.25, 0.3) is 0 Å². The predicted octanol–water partition coefficient (Wildman–Crippen LogP) is 4.27. The molecule has 4 rings (SSSR count). The van der Waals surface area contributed by atoms with Crippen molar-refractivity contribution in [3.8, 4) is 5.75 Å². The summed E-state index contributed by atoms with van der Waals surface area (Å²) in [5, 5.41) is 0.771. The molecule has 0 spiro atoms. The second-order valence-electron chi connectivity index (χ2n) is 7.47. The van der Waals surface area contributed by atoms with Gasteiger partial charge in [-0.15, -0.1) is 0 Å². The van der Waals surface area contributed by atoms with Crippen LogP contribution in [0.4, 0.5) is 4.39 Å². The van der Waals surface area contributed by atoms with Crippen molar-refractivity contribution in [1.82, 2.24) is 0 Å². The third-order valence-electron chi connectivity index (χ3n) is 4.90. The number of hydrogen-bond donors (Lipinski definition) is 0. The van der Waals surface area contributed by atoms with Crippen LogP contribution in [-0.4, -0.2) is 17.7 Å². The molecule has 0 aliphatic carbocycles. The van der Waals surface area contributed by atoms with Crippen LogP contribution in [0.1, 0.15) is 25.0 Å². The zero-order chi connectivity index (χ0) is 20.6. The van der Waals surface area contributed by atoms with Crippen molar-refractivity contribution in [2.75, 3.05) is 0 Å². The third-order valence-corrected chi connectivity index (χ3v) is 4.90. The van der Waals surface area contributed by atoms with Crippen molar-refractivity contribution in [3.63, 3.8) is 0 Å². The molecule has 6 heteroatoms. The zero-order valence-corrected chi connectivity index (χ0v) is 16.0. The molecule has 1 atom stereocenters. The molecule has 3 aromatic rings. The number of ether oxygens (including phenoxy) is 2. The number of carbonyl (C=O) groups is 1. The first-order chi connectivity index (χ1) is 13.8. The molecular weight excluding hydrogens is 375 g/mol. The fraction of sp³-hybridized carbons (Fsp3) is 0.217. The summed E-state index contributed by atoms with van der Waals surface area (Å²) in [5.41, 5.74) is 0.818. The summed E-state index contributed by atoms with van der Waals surface area (Å²) >= 11 is 0. The van der Waals surface area contributed by atoms with Gasteiger partial charge in [-0.05, 0) is 55.3 Å². The standard InChI is InChI=1S/C23H19FO5/c1-23(2)20(28-22(26)9-5-14-3-7-17(24)8-4-14)12-16-11-15-6-10-21(25)27-18(15)13-19(16)29-23/h3-11,13,20H,12H2,1-2H3/b9-5+. The molecule has 0 saturated heterocycles. The minimum absolute atomic E-state index is 0.337. The average molecular weight is 394 g/mol. The summed E-state index contributed by atoms with van der Waals surface area (Å²) in [6, 6.07) is 12.4. The largest absolute Gasteiger partial charge is 0.484 e. The maximum Gasteiger partial charge on any atom is 0.336 e. The van der Waals surface area contributed by atoms with E-state index in [0.29, 0.717) is 23.3 Å². The topological polar surface area (TPSA) is 65.7 Å². The predicted molar refractivity (Wildman–Crippen MR) is 106 cm³/mol. The Morgan fingerprint density at radius 1 is 1.17 bits per heavy atom. The molecule has 1 aliphatic rings. The van der Waals surface area contributed by atoms with E-state index in [1.807, 2.05) is 19.9 Å². The fourth-order valence-electron chi connectivity index (χ4n) is 3.29. The first-order valence-corrected chi connectivity index (χ1v) is 9.20. The van der Waals surface area contributed by atoms with Crippen molar-refractivity contribution in [2.45, 2.75) is 32.0 Å². The van der Waals surface area contributed by atoms with E-state index < -0.39 is 23.3 Å². The van der Waals surface area contributed by atoms with E-state index in [9.17, 15) is 14.0 Å². The molecule has 2 heterocycles.